The number of hydrogen-bond donors (Lipinski definition) is 1. The highest BCUT2D eigenvalue weighted by molar-refractivity contribution is 7.13. The minimum atomic E-state index is 0.314. The summed E-state index contributed by atoms with van der Waals surface area (Å²) in [5.74, 6) is 0. The Morgan fingerprint density at radius 3 is 1.96 bits per heavy atom. The van der Waals surface area contributed by atoms with Gasteiger partial charge < -0.3 is 5.73 Å². The number of benzene rings is 2. The zero-order chi connectivity index (χ0) is 17.8. The average molecular weight is 365 g/mol. The summed E-state index contributed by atoms with van der Waals surface area (Å²) in [5, 5.41) is 2.73. The van der Waals surface area contributed by atoms with Gasteiger partial charge in [-0.2, -0.15) is 0 Å². The summed E-state index contributed by atoms with van der Waals surface area (Å²) in [7, 11) is 0. The van der Waals surface area contributed by atoms with Crippen molar-refractivity contribution < 1.29 is 0 Å². The van der Waals surface area contributed by atoms with Gasteiger partial charge in [-0.15, -0.1) is 11.3 Å². The molecule has 0 atom stereocenters. The Balaban J connectivity index is 1.48. The molecule has 0 saturated carbocycles. The van der Waals surface area contributed by atoms with Crippen molar-refractivity contribution >= 4 is 16.5 Å². The Morgan fingerprint density at radius 2 is 1.46 bits per heavy atom. The largest absolute Gasteiger partial charge is 0.375 e. The SMILES string of the molecule is Nc1nc(CN2CCN(C(c3ccccc3)c3ccccc3)CC2)cs1. The number of anilines is 1. The van der Waals surface area contributed by atoms with Gasteiger partial charge in [0.25, 0.3) is 0 Å². The molecule has 26 heavy (non-hydrogen) atoms. The molecular formula is C21H24N4S. The second-order valence-corrected chi connectivity index (χ2v) is 7.60. The van der Waals surface area contributed by atoms with E-state index in [9.17, 15) is 0 Å². The summed E-state index contributed by atoms with van der Waals surface area (Å²) in [6.45, 7) is 5.09. The fourth-order valence-electron chi connectivity index (χ4n) is 3.69. The van der Waals surface area contributed by atoms with Crippen molar-refractivity contribution in [2.24, 2.45) is 0 Å². The molecule has 4 rings (SSSR count). The van der Waals surface area contributed by atoms with E-state index in [1.807, 2.05) is 0 Å². The van der Waals surface area contributed by atoms with Gasteiger partial charge in [0.05, 0.1) is 11.7 Å². The number of nitrogens with two attached hydrogens (primary N) is 1. The van der Waals surface area contributed by atoms with Gasteiger partial charge in [0.2, 0.25) is 0 Å². The Labute approximate surface area is 158 Å². The quantitative estimate of drug-likeness (QED) is 0.751. The number of thiazole rings is 1. The molecule has 5 heteroatoms. The van der Waals surface area contributed by atoms with Crippen LogP contribution in [0.2, 0.25) is 0 Å². The van der Waals surface area contributed by atoms with Gasteiger partial charge in [-0.3, -0.25) is 9.80 Å². The van der Waals surface area contributed by atoms with Crippen LogP contribution in [0.25, 0.3) is 0 Å². The number of hydrogen-bond acceptors (Lipinski definition) is 5. The van der Waals surface area contributed by atoms with Crippen LogP contribution >= 0.6 is 11.3 Å². The van der Waals surface area contributed by atoms with E-state index < -0.39 is 0 Å². The smallest absolute Gasteiger partial charge is 0.180 e. The van der Waals surface area contributed by atoms with Gasteiger partial charge in [0.1, 0.15) is 0 Å². The number of nitrogen functional groups attached to an aromatic ring is 1. The van der Waals surface area contributed by atoms with Crippen molar-refractivity contribution in [1.82, 2.24) is 14.8 Å². The van der Waals surface area contributed by atoms with Crippen molar-refractivity contribution in [2.45, 2.75) is 12.6 Å². The molecule has 1 fully saturated rings. The molecule has 3 aromatic rings. The highest BCUT2D eigenvalue weighted by Gasteiger charge is 2.26. The van der Waals surface area contributed by atoms with Crippen LogP contribution in [0.5, 0.6) is 0 Å². The second kappa shape index (κ2) is 7.99. The van der Waals surface area contributed by atoms with Crippen molar-refractivity contribution in [3.05, 3.63) is 82.9 Å². The second-order valence-electron chi connectivity index (χ2n) is 6.71. The minimum absolute atomic E-state index is 0.314. The van der Waals surface area contributed by atoms with Crippen LogP contribution in [0.3, 0.4) is 0 Å². The maximum Gasteiger partial charge on any atom is 0.180 e. The number of nitrogens with zero attached hydrogens (tertiary/aromatic N) is 3. The van der Waals surface area contributed by atoms with Crippen molar-refractivity contribution in [2.75, 3.05) is 31.9 Å². The van der Waals surface area contributed by atoms with Crippen molar-refractivity contribution in [3.8, 4) is 0 Å². The van der Waals surface area contributed by atoms with Gasteiger partial charge in [0.15, 0.2) is 5.13 Å². The van der Waals surface area contributed by atoms with Gasteiger partial charge >= 0.3 is 0 Å². The molecule has 2 aromatic carbocycles. The molecule has 0 aliphatic carbocycles. The normalized spacial score (nSPS) is 16.2. The van der Waals surface area contributed by atoms with E-state index in [0.29, 0.717) is 11.2 Å². The molecule has 2 heterocycles. The molecule has 4 nitrogen and oxygen atoms in total. The van der Waals surface area contributed by atoms with Crippen LogP contribution < -0.4 is 5.73 Å². The fraction of sp³-hybridized carbons (Fsp3) is 0.286. The fourth-order valence-corrected chi connectivity index (χ4v) is 4.24. The monoisotopic (exact) mass is 364 g/mol. The van der Waals surface area contributed by atoms with E-state index in [0.717, 1.165) is 38.4 Å². The molecule has 0 amide bonds. The van der Waals surface area contributed by atoms with Crippen molar-refractivity contribution in [1.29, 1.82) is 0 Å². The molecule has 134 valence electrons. The standard InChI is InChI=1S/C21H24N4S/c22-21-23-19(16-26-21)15-24-11-13-25(14-12-24)20(17-7-3-1-4-8-17)18-9-5-2-6-10-18/h1-10,16,20H,11-15H2,(H2,22,23). The van der Waals surface area contributed by atoms with E-state index >= 15 is 0 Å². The van der Waals surface area contributed by atoms with Crippen LogP contribution in [0.1, 0.15) is 22.9 Å². The summed E-state index contributed by atoms with van der Waals surface area (Å²) >= 11 is 1.52. The molecule has 1 aliphatic rings. The summed E-state index contributed by atoms with van der Waals surface area (Å²) in [4.78, 5) is 9.46. The Kier molecular flexibility index (Phi) is 5.29. The minimum Gasteiger partial charge on any atom is -0.375 e. The van der Waals surface area contributed by atoms with Gasteiger partial charge in [0, 0.05) is 38.1 Å². The van der Waals surface area contributed by atoms with Crippen molar-refractivity contribution in [3.63, 3.8) is 0 Å². The lowest BCUT2D eigenvalue weighted by molar-refractivity contribution is 0.104. The molecule has 1 aliphatic heterocycles. The number of aromatic nitrogens is 1. The summed E-state index contributed by atoms with van der Waals surface area (Å²) in [6, 6.07) is 22.0. The first kappa shape index (κ1) is 17.2. The molecular weight excluding hydrogens is 340 g/mol. The molecule has 0 radical (unpaired) electrons. The predicted molar refractivity (Wildman–Crippen MR) is 108 cm³/mol. The highest BCUT2D eigenvalue weighted by Crippen LogP contribution is 2.29. The summed E-state index contributed by atoms with van der Waals surface area (Å²) in [5.41, 5.74) is 9.56. The topological polar surface area (TPSA) is 45.4 Å². The lowest BCUT2D eigenvalue weighted by Crippen LogP contribution is -2.47. The van der Waals surface area contributed by atoms with E-state index in [4.69, 9.17) is 5.73 Å². The van der Waals surface area contributed by atoms with Crippen LogP contribution in [-0.4, -0.2) is 41.0 Å². The molecule has 0 bridgehead atoms. The van der Waals surface area contributed by atoms with Crippen LogP contribution in [0, 0.1) is 0 Å². The zero-order valence-electron chi connectivity index (χ0n) is 14.8. The Bertz CT molecular complexity index is 771. The van der Waals surface area contributed by atoms with E-state index in [2.05, 4.69) is 80.8 Å². The van der Waals surface area contributed by atoms with Crippen LogP contribution in [0.4, 0.5) is 5.13 Å². The first-order chi connectivity index (χ1) is 12.8. The number of piperazine rings is 1. The Morgan fingerprint density at radius 1 is 0.885 bits per heavy atom. The third-order valence-corrected chi connectivity index (χ3v) is 5.68. The maximum atomic E-state index is 5.75. The van der Waals surface area contributed by atoms with Gasteiger partial charge in [-0.1, -0.05) is 60.7 Å². The zero-order valence-corrected chi connectivity index (χ0v) is 15.6. The van der Waals surface area contributed by atoms with Gasteiger partial charge in [-0.05, 0) is 11.1 Å². The lowest BCUT2D eigenvalue weighted by Gasteiger charge is -2.39. The highest BCUT2D eigenvalue weighted by atomic mass is 32.1. The first-order valence-corrected chi connectivity index (χ1v) is 9.94. The van der Waals surface area contributed by atoms with Crippen LogP contribution in [0.15, 0.2) is 66.0 Å². The number of rotatable bonds is 5. The van der Waals surface area contributed by atoms with Crippen LogP contribution in [-0.2, 0) is 6.54 Å². The predicted octanol–water partition coefficient (Wildman–Crippen LogP) is 3.63. The van der Waals surface area contributed by atoms with Gasteiger partial charge in [-0.25, -0.2) is 4.98 Å². The van der Waals surface area contributed by atoms with E-state index in [-0.39, 0.29) is 0 Å². The third-order valence-electron chi connectivity index (χ3n) is 4.96. The third kappa shape index (κ3) is 3.96. The maximum absolute atomic E-state index is 5.75. The first-order valence-electron chi connectivity index (χ1n) is 9.06. The summed E-state index contributed by atoms with van der Waals surface area (Å²) in [6.07, 6.45) is 0. The molecule has 2 N–H and O–H groups in total. The summed E-state index contributed by atoms with van der Waals surface area (Å²) < 4.78 is 0. The van der Waals surface area contributed by atoms with E-state index in [1.165, 1.54) is 22.5 Å². The molecule has 1 aromatic heterocycles. The molecule has 1 saturated heterocycles. The average Bonchev–Trinajstić information content (AvgIpc) is 3.10. The molecule has 0 unspecified atom stereocenters. The van der Waals surface area contributed by atoms with E-state index in [1.54, 1.807) is 0 Å². The Hall–Kier alpha value is -2.21. The lowest BCUT2D eigenvalue weighted by atomic mass is 9.96. The molecule has 0 spiro atoms.